The van der Waals surface area contributed by atoms with Gasteiger partial charge in [0.2, 0.25) is 0 Å². The van der Waals surface area contributed by atoms with Crippen LogP contribution in [0.15, 0.2) is 71.7 Å². The molecule has 0 aliphatic heterocycles. The van der Waals surface area contributed by atoms with Gasteiger partial charge in [0.05, 0.1) is 11.3 Å². The molecule has 126 valence electrons. The van der Waals surface area contributed by atoms with E-state index in [0.29, 0.717) is 11.3 Å². The molecule has 1 heterocycles. The summed E-state index contributed by atoms with van der Waals surface area (Å²) in [6, 6.07) is 14.0. The van der Waals surface area contributed by atoms with Gasteiger partial charge in [-0.15, -0.1) is 0 Å². The largest absolute Gasteiger partial charge is 0.348 e. The van der Waals surface area contributed by atoms with Gasteiger partial charge in [0.25, 0.3) is 11.5 Å². The number of nitrogens with zero attached hydrogens (tertiary/aromatic N) is 1. The molecule has 0 saturated heterocycles. The van der Waals surface area contributed by atoms with E-state index in [1.54, 1.807) is 18.2 Å². The normalized spacial score (nSPS) is 10.5. The first-order valence-corrected chi connectivity index (χ1v) is 7.54. The summed E-state index contributed by atoms with van der Waals surface area (Å²) in [7, 11) is 0. The number of halogens is 2. The Balaban J connectivity index is 1.82. The molecule has 3 rings (SSSR count). The molecule has 25 heavy (non-hydrogen) atoms. The van der Waals surface area contributed by atoms with E-state index in [0.717, 1.165) is 0 Å². The number of hydrogen-bond donors (Lipinski definition) is 1. The molecular weight excluding hydrogens is 326 g/mol. The van der Waals surface area contributed by atoms with Crippen LogP contribution in [0.25, 0.3) is 5.69 Å². The van der Waals surface area contributed by atoms with Gasteiger partial charge in [0.15, 0.2) is 0 Å². The molecule has 3 aromatic rings. The third-order valence-electron chi connectivity index (χ3n) is 3.60. The highest BCUT2D eigenvalue weighted by molar-refractivity contribution is 5.93. The summed E-state index contributed by atoms with van der Waals surface area (Å²) in [5.41, 5.74) is 0.795. The minimum Gasteiger partial charge on any atom is -0.348 e. The van der Waals surface area contributed by atoms with Crippen molar-refractivity contribution in [3.63, 3.8) is 0 Å². The number of nitrogens with one attached hydrogen (secondary N) is 1. The van der Waals surface area contributed by atoms with Crippen LogP contribution in [0.5, 0.6) is 0 Å². The molecule has 0 saturated carbocycles. The summed E-state index contributed by atoms with van der Waals surface area (Å²) < 4.78 is 27.7. The van der Waals surface area contributed by atoms with E-state index in [2.05, 4.69) is 5.32 Å². The second-order valence-corrected chi connectivity index (χ2v) is 5.42. The van der Waals surface area contributed by atoms with Crippen molar-refractivity contribution in [1.29, 1.82) is 0 Å². The predicted octanol–water partition coefficient (Wildman–Crippen LogP) is 3.05. The van der Waals surface area contributed by atoms with Crippen LogP contribution in [0.4, 0.5) is 8.78 Å². The number of hydrogen-bond acceptors (Lipinski definition) is 2. The van der Waals surface area contributed by atoms with Crippen molar-refractivity contribution in [2.75, 3.05) is 0 Å². The molecule has 0 aliphatic rings. The first-order chi connectivity index (χ1) is 12.0. The fraction of sp³-hybridized carbons (Fsp3) is 0.0526. The van der Waals surface area contributed by atoms with Gasteiger partial charge in [-0.25, -0.2) is 8.78 Å². The van der Waals surface area contributed by atoms with E-state index in [4.69, 9.17) is 0 Å². The second-order valence-electron chi connectivity index (χ2n) is 5.42. The summed E-state index contributed by atoms with van der Waals surface area (Å²) in [5.74, 6) is -1.29. The summed E-state index contributed by atoms with van der Waals surface area (Å²) >= 11 is 0. The Kier molecular flexibility index (Phi) is 4.70. The lowest BCUT2D eigenvalue weighted by atomic mass is 10.2. The molecule has 0 fully saturated rings. The molecular formula is C19H14F2N2O2. The number of pyridine rings is 1. The average molecular weight is 340 g/mol. The van der Waals surface area contributed by atoms with Gasteiger partial charge in [-0.05, 0) is 42.0 Å². The topological polar surface area (TPSA) is 51.1 Å². The predicted molar refractivity (Wildman–Crippen MR) is 89.6 cm³/mol. The van der Waals surface area contributed by atoms with E-state index < -0.39 is 11.7 Å². The van der Waals surface area contributed by atoms with Crippen molar-refractivity contribution >= 4 is 5.91 Å². The minimum atomic E-state index is -0.481. The summed E-state index contributed by atoms with van der Waals surface area (Å²) in [4.78, 5) is 24.3. The molecule has 0 radical (unpaired) electrons. The molecule has 1 amide bonds. The van der Waals surface area contributed by atoms with Crippen LogP contribution in [-0.4, -0.2) is 10.5 Å². The molecule has 6 heteroatoms. The summed E-state index contributed by atoms with van der Waals surface area (Å²) in [5, 5.41) is 2.66. The van der Waals surface area contributed by atoms with Crippen LogP contribution in [0.3, 0.4) is 0 Å². The minimum absolute atomic E-state index is 0.148. The van der Waals surface area contributed by atoms with Crippen molar-refractivity contribution < 1.29 is 13.6 Å². The zero-order valence-corrected chi connectivity index (χ0v) is 13.1. The van der Waals surface area contributed by atoms with Crippen LogP contribution < -0.4 is 10.9 Å². The molecule has 2 aromatic carbocycles. The Morgan fingerprint density at radius 2 is 1.68 bits per heavy atom. The van der Waals surface area contributed by atoms with E-state index in [1.165, 1.54) is 53.2 Å². The smallest absolute Gasteiger partial charge is 0.255 e. The van der Waals surface area contributed by atoms with Gasteiger partial charge < -0.3 is 5.32 Å². The number of rotatable bonds is 4. The van der Waals surface area contributed by atoms with Crippen molar-refractivity contribution in [3.05, 3.63) is 100.0 Å². The first-order valence-electron chi connectivity index (χ1n) is 7.54. The van der Waals surface area contributed by atoms with E-state index in [1.807, 2.05) is 0 Å². The van der Waals surface area contributed by atoms with Crippen molar-refractivity contribution in [3.8, 4) is 5.69 Å². The molecule has 1 aromatic heterocycles. The summed E-state index contributed by atoms with van der Waals surface area (Å²) in [6.45, 7) is 0.148. The van der Waals surface area contributed by atoms with Crippen LogP contribution in [0, 0.1) is 11.6 Å². The Hall–Kier alpha value is -3.28. The number of amides is 1. The van der Waals surface area contributed by atoms with Gasteiger partial charge in [-0.3, -0.25) is 14.2 Å². The zero-order valence-electron chi connectivity index (χ0n) is 13.1. The number of carbonyl (C=O) groups is 1. The van der Waals surface area contributed by atoms with Gasteiger partial charge in [-0.1, -0.05) is 18.2 Å². The first kappa shape index (κ1) is 16.6. The van der Waals surface area contributed by atoms with E-state index in [-0.39, 0.29) is 23.5 Å². The summed E-state index contributed by atoms with van der Waals surface area (Å²) in [6.07, 6.45) is 1.35. The maximum Gasteiger partial charge on any atom is 0.255 e. The molecule has 0 spiro atoms. The lowest BCUT2D eigenvalue weighted by Crippen LogP contribution is -2.26. The van der Waals surface area contributed by atoms with Crippen molar-refractivity contribution in [2.45, 2.75) is 6.54 Å². The molecule has 0 bridgehead atoms. The third-order valence-corrected chi connectivity index (χ3v) is 3.60. The maximum absolute atomic E-state index is 13.4. The fourth-order valence-corrected chi connectivity index (χ4v) is 2.38. The van der Waals surface area contributed by atoms with Crippen LogP contribution >= 0.6 is 0 Å². The molecule has 0 atom stereocenters. The van der Waals surface area contributed by atoms with Gasteiger partial charge >= 0.3 is 0 Å². The maximum atomic E-state index is 13.4. The quantitative estimate of drug-likeness (QED) is 0.794. The highest BCUT2D eigenvalue weighted by Gasteiger charge is 2.09. The van der Waals surface area contributed by atoms with Gasteiger partial charge in [-0.2, -0.15) is 0 Å². The lowest BCUT2D eigenvalue weighted by Gasteiger charge is -2.09. The second kappa shape index (κ2) is 7.09. The number of aromatic nitrogens is 1. The Labute approximate surface area is 142 Å². The molecule has 0 aliphatic carbocycles. The SMILES string of the molecule is O=C(NCc1cccc(F)c1)c1ccc(=O)n(-c2cccc(F)c2)c1. The van der Waals surface area contributed by atoms with Crippen molar-refractivity contribution in [2.24, 2.45) is 0 Å². The standard InChI is InChI=1S/C19H14F2N2O2/c20-15-4-1-3-13(9-15)11-22-19(25)14-7-8-18(24)23(12-14)17-6-2-5-16(21)10-17/h1-10,12H,11H2,(H,22,25). The average Bonchev–Trinajstić information content (AvgIpc) is 2.60. The van der Waals surface area contributed by atoms with Crippen LogP contribution in [0.1, 0.15) is 15.9 Å². The number of benzene rings is 2. The Morgan fingerprint density at radius 3 is 2.40 bits per heavy atom. The fourth-order valence-electron chi connectivity index (χ4n) is 2.38. The van der Waals surface area contributed by atoms with Crippen LogP contribution in [-0.2, 0) is 6.54 Å². The van der Waals surface area contributed by atoms with Crippen LogP contribution in [0.2, 0.25) is 0 Å². The third kappa shape index (κ3) is 3.98. The number of carbonyl (C=O) groups excluding carboxylic acids is 1. The molecule has 1 N–H and O–H groups in total. The lowest BCUT2D eigenvalue weighted by molar-refractivity contribution is 0.0950. The Morgan fingerprint density at radius 1 is 0.960 bits per heavy atom. The molecule has 0 unspecified atom stereocenters. The monoisotopic (exact) mass is 340 g/mol. The highest BCUT2D eigenvalue weighted by atomic mass is 19.1. The highest BCUT2D eigenvalue weighted by Crippen LogP contribution is 2.09. The van der Waals surface area contributed by atoms with E-state index >= 15 is 0 Å². The molecule has 4 nitrogen and oxygen atoms in total. The van der Waals surface area contributed by atoms with E-state index in [9.17, 15) is 18.4 Å². The Bertz CT molecular complexity index is 983. The van der Waals surface area contributed by atoms with Gasteiger partial charge in [0.1, 0.15) is 11.6 Å². The van der Waals surface area contributed by atoms with Gasteiger partial charge in [0, 0.05) is 18.8 Å². The zero-order chi connectivity index (χ0) is 17.8. The van der Waals surface area contributed by atoms with Crippen molar-refractivity contribution in [1.82, 2.24) is 9.88 Å².